The minimum absolute atomic E-state index is 0.0167. The Bertz CT molecular complexity index is 328. The maximum absolute atomic E-state index is 10.4. The maximum Gasteiger partial charge on any atom is 0.309 e. The summed E-state index contributed by atoms with van der Waals surface area (Å²) in [6.45, 7) is 4.23. The lowest BCUT2D eigenvalue weighted by Gasteiger charge is -2.02. The Morgan fingerprint density at radius 3 is 3.19 bits per heavy atom. The Morgan fingerprint density at radius 2 is 2.50 bits per heavy atom. The highest BCUT2D eigenvalue weighted by Crippen LogP contribution is 2.15. The molecule has 0 bridgehead atoms. The van der Waals surface area contributed by atoms with Gasteiger partial charge >= 0.3 is 5.97 Å². The van der Waals surface area contributed by atoms with Gasteiger partial charge in [-0.3, -0.25) is 4.79 Å². The molecule has 0 aliphatic heterocycles. The number of nitrogens with zero attached hydrogens (tertiary/aromatic N) is 1. The molecule has 1 heterocycles. The average Bonchev–Trinajstić information content (AvgIpc) is 2.64. The van der Waals surface area contributed by atoms with Crippen LogP contribution >= 0.6 is 11.3 Å². The molecule has 16 heavy (non-hydrogen) atoms. The molecule has 0 saturated heterocycles. The monoisotopic (exact) mass is 244 g/mol. The standard InChI is InChI=1S/C10H16N2O3S/c1-2-15-5-3-4-11-10-12-8(7-16-10)6-9(13)14/h7H,2-6H2,1H3,(H,11,12)(H,13,14). The molecule has 0 fully saturated rings. The highest BCUT2D eigenvalue weighted by Gasteiger charge is 2.05. The number of anilines is 1. The van der Waals surface area contributed by atoms with Crippen LogP contribution < -0.4 is 5.32 Å². The van der Waals surface area contributed by atoms with Crippen molar-refractivity contribution in [1.82, 2.24) is 4.98 Å². The third-order valence-corrected chi connectivity index (χ3v) is 2.68. The second-order valence-electron chi connectivity index (χ2n) is 3.19. The predicted octanol–water partition coefficient (Wildman–Crippen LogP) is 1.61. The third kappa shape index (κ3) is 5.09. The van der Waals surface area contributed by atoms with Crippen molar-refractivity contribution in [3.8, 4) is 0 Å². The Balaban J connectivity index is 2.21. The highest BCUT2D eigenvalue weighted by atomic mass is 32.1. The van der Waals surface area contributed by atoms with E-state index in [0.717, 1.165) is 31.3 Å². The third-order valence-electron chi connectivity index (χ3n) is 1.83. The van der Waals surface area contributed by atoms with Crippen molar-refractivity contribution in [1.29, 1.82) is 0 Å². The van der Waals surface area contributed by atoms with Gasteiger partial charge in [-0.2, -0.15) is 0 Å². The Kier molecular flexibility index (Phi) is 5.81. The van der Waals surface area contributed by atoms with E-state index < -0.39 is 5.97 Å². The van der Waals surface area contributed by atoms with Crippen LogP contribution in [0.4, 0.5) is 5.13 Å². The van der Waals surface area contributed by atoms with E-state index in [2.05, 4.69) is 10.3 Å². The zero-order valence-corrected chi connectivity index (χ0v) is 10.0. The lowest BCUT2D eigenvalue weighted by Crippen LogP contribution is -2.06. The number of rotatable bonds is 8. The molecule has 6 heteroatoms. The minimum atomic E-state index is -0.854. The number of aliphatic carboxylic acids is 1. The van der Waals surface area contributed by atoms with Crippen LogP contribution in [0.1, 0.15) is 19.0 Å². The van der Waals surface area contributed by atoms with Crippen molar-refractivity contribution in [2.45, 2.75) is 19.8 Å². The number of ether oxygens (including phenoxy) is 1. The molecular formula is C10H16N2O3S. The molecule has 1 rings (SSSR count). The molecule has 0 spiro atoms. The fraction of sp³-hybridized carbons (Fsp3) is 0.600. The molecule has 0 atom stereocenters. The summed E-state index contributed by atoms with van der Waals surface area (Å²) in [4.78, 5) is 14.6. The maximum atomic E-state index is 10.4. The molecule has 0 saturated carbocycles. The summed E-state index contributed by atoms with van der Waals surface area (Å²) in [6.07, 6.45) is 0.902. The number of carbonyl (C=O) groups is 1. The molecule has 0 aliphatic carbocycles. The summed E-state index contributed by atoms with van der Waals surface area (Å²) < 4.78 is 5.19. The van der Waals surface area contributed by atoms with Gasteiger partial charge < -0.3 is 15.2 Å². The van der Waals surface area contributed by atoms with Crippen LogP contribution in [0.3, 0.4) is 0 Å². The molecule has 1 aromatic heterocycles. The lowest BCUT2D eigenvalue weighted by molar-refractivity contribution is -0.136. The van der Waals surface area contributed by atoms with Crippen LogP contribution in [0.25, 0.3) is 0 Å². The van der Waals surface area contributed by atoms with Crippen LogP contribution in [0.2, 0.25) is 0 Å². The first-order valence-corrected chi connectivity index (χ1v) is 6.08. The second-order valence-corrected chi connectivity index (χ2v) is 4.05. The van der Waals surface area contributed by atoms with Gasteiger partial charge in [0.2, 0.25) is 0 Å². The molecule has 0 amide bonds. The summed E-state index contributed by atoms with van der Waals surface area (Å²) in [6, 6.07) is 0. The van der Waals surface area contributed by atoms with Crippen molar-refractivity contribution >= 4 is 22.4 Å². The smallest absolute Gasteiger partial charge is 0.309 e. The average molecular weight is 244 g/mol. The Hall–Kier alpha value is -1.14. The van der Waals surface area contributed by atoms with Gasteiger partial charge in [-0.1, -0.05) is 0 Å². The summed E-state index contributed by atoms with van der Waals surface area (Å²) in [5.74, 6) is -0.854. The van der Waals surface area contributed by atoms with Crippen molar-refractivity contribution in [3.05, 3.63) is 11.1 Å². The normalized spacial score (nSPS) is 10.3. The fourth-order valence-electron chi connectivity index (χ4n) is 1.14. The van der Waals surface area contributed by atoms with Crippen molar-refractivity contribution < 1.29 is 14.6 Å². The van der Waals surface area contributed by atoms with Crippen LogP contribution in [-0.2, 0) is 16.0 Å². The summed E-state index contributed by atoms with van der Waals surface area (Å²) in [5, 5.41) is 14.2. The zero-order valence-electron chi connectivity index (χ0n) is 9.23. The van der Waals surface area contributed by atoms with E-state index in [-0.39, 0.29) is 6.42 Å². The van der Waals surface area contributed by atoms with E-state index in [0.29, 0.717) is 5.69 Å². The van der Waals surface area contributed by atoms with Gasteiger partial charge in [0.1, 0.15) is 0 Å². The molecule has 0 unspecified atom stereocenters. The largest absolute Gasteiger partial charge is 0.481 e. The van der Waals surface area contributed by atoms with Crippen LogP contribution in [0.15, 0.2) is 5.38 Å². The Labute approximate surface area is 98.5 Å². The first kappa shape index (κ1) is 12.9. The van der Waals surface area contributed by atoms with Gasteiger partial charge in [0.15, 0.2) is 5.13 Å². The first-order chi connectivity index (χ1) is 7.72. The zero-order chi connectivity index (χ0) is 11.8. The fourth-order valence-corrected chi connectivity index (χ4v) is 1.88. The number of nitrogens with one attached hydrogen (secondary N) is 1. The van der Waals surface area contributed by atoms with Gasteiger partial charge in [-0.05, 0) is 13.3 Å². The van der Waals surface area contributed by atoms with Crippen molar-refractivity contribution in [2.24, 2.45) is 0 Å². The number of aromatic nitrogens is 1. The molecule has 0 radical (unpaired) electrons. The van der Waals surface area contributed by atoms with Gasteiger partial charge in [0.05, 0.1) is 12.1 Å². The first-order valence-electron chi connectivity index (χ1n) is 5.20. The topological polar surface area (TPSA) is 71.5 Å². The van der Waals surface area contributed by atoms with E-state index in [1.165, 1.54) is 11.3 Å². The summed E-state index contributed by atoms with van der Waals surface area (Å²) in [7, 11) is 0. The second kappa shape index (κ2) is 7.19. The summed E-state index contributed by atoms with van der Waals surface area (Å²) >= 11 is 1.43. The van der Waals surface area contributed by atoms with E-state index >= 15 is 0 Å². The van der Waals surface area contributed by atoms with E-state index in [1.54, 1.807) is 5.38 Å². The van der Waals surface area contributed by atoms with Gasteiger partial charge in [-0.25, -0.2) is 4.98 Å². The van der Waals surface area contributed by atoms with Crippen LogP contribution in [0, 0.1) is 0 Å². The highest BCUT2D eigenvalue weighted by molar-refractivity contribution is 7.13. The number of hydrogen-bond acceptors (Lipinski definition) is 5. The lowest BCUT2D eigenvalue weighted by atomic mass is 10.3. The number of hydrogen-bond donors (Lipinski definition) is 2. The molecule has 2 N–H and O–H groups in total. The van der Waals surface area contributed by atoms with Gasteiger partial charge in [0.25, 0.3) is 0 Å². The molecule has 0 aliphatic rings. The molecule has 5 nitrogen and oxygen atoms in total. The van der Waals surface area contributed by atoms with Gasteiger partial charge in [0, 0.05) is 25.1 Å². The minimum Gasteiger partial charge on any atom is -0.481 e. The van der Waals surface area contributed by atoms with Crippen molar-refractivity contribution in [3.63, 3.8) is 0 Å². The Morgan fingerprint density at radius 1 is 1.69 bits per heavy atom. The van der Waals surface area contributed by atoms with Crippen LogP contribution in [-0.4, -0.2) is 35.8 Å². The van der Waals surface area contributed by atoms with Crippen LogP contribution in [0.5, 0.6) is 0 Å². The van der Waals surface area contributed by atoms with Crippen molar-refractivity contribution in [2.75, 3.05) is 25.1 Å². The van der Waals surface area contributed by atoms with E-state index in [9.17, 15) is 4.79 Å². The quantitative estimate of drug-likeness (QED) is 0.680. The summed E-state index contributed by atoms with van der Waals surface area (Å²) in [5.41, 5.74) is 0.602. The predicted molar refractivity (Wildman–Crippen MR) is 63.1 cm³/mol. The number of carboxylic acids is 1. The SMILES string of the molecule is CCOCCCNc1nc(CC(=O)O)cs1. The van der Waals surface area contributed by atoms with Gasteiger partial charge in [-0.15, -0.1) is 11.3 Å². The molecule has 1 aromatic rings. The molecular weight excluding hydrogens is 228 g/mol. The van der Waals surface area contributed by atoms with E-state index in [1.807, 2.05) is 6.92 Å². The number of carboxylic acid groups (broad SMARTS) is 1. The molecule has 90 valence electrons. The molecule has 0 aromatic carbocycles. The number of thiazole rings is 1. The van der Waals surface area contributed by atoms with E-state index in [4.69, 9.17) is 9.84 Å².